The molecule has 1 N–H and O–H groups in total. The van der Waals surface area contributed by atoms with Crippen molar-refractivity contribution in [2.24, 2.45) is 5.92 Å². The Morgan fingerprint density at radius 1 is 1.40 bits per heavy atom. The van der Waals surface area contributed by atoms with Crippen LogP contribution >= 0.6 is 0 Å². The van der Waals surface area contributed by atoms with Gasteiger partial charge in [-0.1, -0.05) is 0 Å². The Bertz CT molecular complexity index is 286. The van der Waals surface area contributed by atoms with Crippen molar-refractivity contribution in [2.45, 2.75) is 45.2 Å². The van der Waals surface area contributed by atoms with Gasteiger partial charge in [-0.3, -0.25) is 9.59 Å². The summed E-state index contributed by atoms with van der Waals surface area (Å²) in [6.45, 7) is 4.60. The van der Waals surface area contributed by atoms with Crippen molar-refractivity contribution < 1.29 is 9.59 Å². The van der Waals surface area contributed by atoms with Crippen LogP contribution in [0.3, 0.4) is 0 Å². The minimum absolute atomic E-state index is 0.0173. The van der Waals surface area contributed by atoms with Crippen molar-refractivity contribution in [3.05, 3.63) is 0 Å². The molecule has 0 radical (unpaired) electrons. The fourth-order valence-corrected chi connectivity index (χ4v) is 2.29. The van der Waals surface area contributed by atoms with Crippen molar-refractivity contribution in [3.63, 3.8) is 0 Å². The van der Waals surface area contributed by atoms with Gasteiger partial charge in [-0.2, -0.15) is 0 Å². The molecule has 4 nitrogen and oxygen atoms in total. The van der Waals surface area contributed by atoms with Gasteiger partial charge >= 0.3 is 0 Å². The van der Waals surface area contributed by atoms with Gasteiger partial charge in [0.05, 0.1) is 0 Å². The van der Waals surface area contributed by atoms with Crippen LogP contribution in [0, 0.1) is 5.92 Å². The molecule has 1 saturated carbocycles. The van der Waals surface area contributed by atoms with Crippen molar-refractivity contribution >= 4 is 11.8 Å². The van der Waals surface area contributed by atoms with E-state index in [2.05, 4.69) is 5.32 Å². The lowest BCUT2D eigenvalue weighted by Gasteiger charge is -2.27. The third-order valence-electron chi connectivity index (χ3n) is 3.31. The van der Waals surface area contributed by atoms with E-state index in [-0.39, 0.29) is 23.9 Å². The molecule has 0 aromatic carbocycles. The quantitative estimate of drug-likeness (QED) is 0.722. The molecule has 2 amide bonds. The largest absolute Gasteiger partial charge is 0.344 e. The zero-order chi connectivity index (χ0) is 11.0. The first-order valence-corrected chi connectivity index (χ1v) is 5.73. The van der Waals surface area contributed by atoms with E-state index in [9.17, 15) is 9.59 Å². The number of rotatable bonds is 2. The first-order valence-electron chi connectivity index (χ1n) is 5.73. The maximum absolute atomic E-state index is 12.1. The van der Waals surface area contributed by atoms with E-state index in [4.69, 9.17) is 0 Å². The van der Waals surface area contributed by atoms with E-state index in [0.29, 0.717) is 18.9 Å². The number of hydrogen-bond acceptors (Lipinski definition) is 2. The third-order valence-corrected chi connectivity index (χ3v) is 3.31. The number of nitrogens with one attached hydrogen (secondary N) is 1. The molecule has 0 spiro atoms. The van der Waals surface area contributed by atoms with Crippen LogP contribution in [0.2, 0.25) is 0 Å². The molecule has 15 heavy (non-hydrogen) atoms. The van der Waals surface area contributed by atoms with Gasteiger partial charge in [-0.15, -0.1) is 0 Å². The van der Waals surface area contributed by atoms with Crippen LogP contribution in [0.25, 0.3) is 0 Å². The summed E-state index contributed by atoms with van der Waals surface area (Å²) in [7, 11) is 0. The fraction of sp³-hybridized carbons (Fsp3) is 0.818. The molecule has 4 heteroatoms. The molecule has 1 heterocycles. The minimum Gasteiger partial charge on any atom is -0.344 e. The minimum atomic E-state index is -0.248. The number of carbonyl (C=O) groups excluding carboxylic acids is 2. The second-order valence-electron chi connectivity index (χ2n) is 4.56. The van der Waals surface area contributed by atoms with Gasteiger partial charge in [0.2, 0.25) is 11.8 Å². The van der Waals surface area contributed by atoms with Crippen LogP contribution in [-0.2, 0) is 9.59 Å². The second kappa shape index (κ2) is 3.83. The lowest BCUT2D eigenvalue weighted by Crippen LogP contribution is -2.47. The second-order valence-corrected chi connectivity index (χ2v) is 4.56. The number of carbonyl (C=O) groups is 2. The average Bonchev–Trinajstić information content (AvgIpc) is 2.97. The van der Waals surface area contributed by atoms with E-state index >= 15 is 0 Å². The first kappa shape index (κ1) is 10.5. The van der Waals surface area contributed by atoms with E-state index < -0.39 is 0 Å². The summed E-state index contributed by atoms with van der Waals surface area (Å²) < 4.78 is 0. The van der Waals surface area contributed by atoms with Gasteiger partial charge in [0, 0.05) is 19.0 Å². The van der Waals surface area contributed by atoms with Crippen molar-refractivity contribution in [2.75, 3.05) is 6.54 Å². The molecule has 2 rings (SSSR count). The number of likely N-dealkylation sites (N-methyl/N-ethyl adjacent to an activating group) is 1. The number of hydrogen-bond donors (Lipinski definition) is 1. The Kier molecular flexibility index (Phi) is 2.67. The van der Waals surface area contributed by atoms with E-state index in [1.807, 2.05) is 18.7 Å². The molecular formula is C11H18N2O2. The SMILES string of the molecule is CCN1C(=O)C(C2CC2)NC(=O)CC1C. The highest BCUT2D eigenvalue weighted by Crippen LogP contribution is 2.34. The Balaban J connectivity index is 2.18. The molecule has 2 unspecified atom stereocenters. The summed E-state index contributed by atoms with van der Waals surface area (Å²) in [5, 5.41) is 2.86. The highest BCUT2D eigenvalue weighted by atomic mass is 16.2. The molecule has 1 aliphatic heterocycles. The smallest absolute Gasteiger partial charge is 0.245 e. The predicted molar refractivity (Wildman–Crippen MR) is 56.1 cm³/mol. The summed E-state index contributed by atoms with van der Waals surface area (Å²) in [6.07, 6.45) is 2.58. The highest BCUT2D eigenvalue weighted by molar-refractivity contribution is 5.90. The Labute approximate surface area is 90.0 Å². The summed E-state index contributed by atoms with van der Waals surface area (Å²) in [4.78, 5) is 25.5. The molecule has 1 aliphatic carbocycles. The first-order chi connectivity index (χ1) is 7.13. The Morgan fingerprint density at radius 3 is 2.60 bits per heavy atom. The Morgan fingerprint density at radius 2 is 2.07 bits per heavy atom. The normalized spacial score (nSPS) is 32.5. The molecule has 2 fully saturated rings. The molecule has 2 atom stereocenters. The van der Waals surface area contributed by atoms with E-state index in [0.717, 1.165) is 12.8 Å². The maximum Gasteiger partial charge on any atom is 0.245 e. The zero-order valence-corrected chi connectivity index (χ0v) is 9.32. The topological polar surface area (TPSA) is 49.4 Å². The predicted octanol–water partition coefficient (Wildman–Crippen LogP) is 0.522. The summed E-state index contributed by atoms with van der Waals surface area (Å²) in [6, 6.07) is -0.214. The monoisotopic (exact) mass is 210 g/mol. The van der Waals surface area contributed by atoms with Crippen LogP contribution in [-0.4, -0.2) is 35.3 Å². The van der Waals surface area contributed by atoms with E-state index in [1.165, 1.54) is 0 Å². The average molecular weight is 210 g/mol. The van der Waals surface area contributed by atoms with Crippen molar-refractivity contribution in [1.82, 2.24) is 10.2 Å². The number of amides is 2. The van der Waals surface area contributed by atoms with Gasteiger partial charge in [0.15, 0.2) is 0 Å². The standard InChI is InChI=1S/C11H18N2O2/c1-3-13-7(2)6-9(14)12-10(11(13)15)8-4-5-8/h7-8,10H,3-6H2,1-2H3,(H,12,14). The molecule has 0 bridgehead atoms. The summed E-state index contributed by atoms with van der Waals surface area (Å²) in [5.74, 6) is 0.517. The van der Waals surface area contributed by atoms with Crippen LogP contribution in [0.5, 0.6) is 0 Å². The van der Waals surface area contributed by atoms with Crippen LogP contribution in [0.1, 0.15) is 33.1 Å². The van der Waals surface area contributed by atoms with E-state index in [1.54, 1.807) is 0 Å². The molecule has 84 valence electrons. The van der Waals surface area contributed by atoms with Gasteiger partial charge in [-0.05, 0) is 32.6 Å². The van der Waals surface area contributed by atoms with Gasteiger partial charge < -0.3 is 10.2 Å². The zero-order valence-electron chi connectivity index (χ0n) is 9.32. The van der Waals surface area contributed by atoms with Gasteiger partial charge in [0.1, 0.15) is 6.04 Å². The third kappa shape index (κ3) is 1.98. The summed E-state index contributed by atoms with van der Waals surface area (Å²) in [5.41, 5.74) is 0. The van der Waals surface area contributed by atoms with Crippen LogP contribution < -0.4 is 5.32 Å². The molecule has 2 aliphatic rings. The highest BCUT2D eigenvalue weighted by Gasteiger charge is 2.42. The summed E-state index contributed by atoms with van der Waals surface area (Å²) >= 11 is 0. The van der Waals surface area contributed by atoms with Gasteiger partial charge in [0.25, 0.3) is 0 Å². The lowest BCUT2D eigenvalue weighted by molar-refractivity contribution is -0.135. The van der Waals surface area contributed by atoms with Gasteiger partial charge in [-0.25, -0.2) is 0 Å². The maximum atomic E-state index is 12.1. The van der Waals surface area contributed by atoms with Crippen LogP contribution in [0.15, 0.2) is 0 Å². The Hall–Kier alpha value is -1.06. The van der Waals surface area contributed by atoms with Crippen molar-refractivity contribution in [1.29, 1.82) is 0 Å². The molecule has 1 saturated heterocycles. The lowest BCUT2D eigenvalue weighted by atomic mass is 10.1. The van der Waals surface area contributed by atoms with Crippen molar-refractivity contribution in [3.8, 4) is 0 Å². The number of nitrogens with zero attached hydrogens (tertiary/aromatic N) is 1. The fourth-order valence-electron chi connectivity index (χ4n) is 2.29. The molecular weight excluding hydrogens is 192 g/mol. The van der Waals surface area contributed by atoms with Crippen LogP contribution in [0.4, 0.5) is 0 Å². The molecule has 0 aromatic rings. The molecule has 0 aromatic heterocycles.